The summed E-state index contributed by atoms with van der Waals surface area (Å²) in [6.45, 7) is 11.8. The summed E-state index contributed by atoms with van der Waals surface area (Å²) in [6.07, 6.45) is 15.0. The molecular weight excluding hydrogens is 216 g/mol. The predicted molar refractivity (Wildman–Crippen MR) is 84.7 cm³/mol. The van der Waals surface area contributed by atoms with E-state index in [1.165, 1.54) is 57.8 Å². The van der Waals surface area contributed by atoms with Gasteiger partial charge in [-0.1, -0.05) is 73.1 Å². The van der Waals surface area contributed by atoms with Crippen molar-refractivity contribution in [3.63, 3.8) is 0 Å². The molecule has 0 bridgehead atoms. The molecule has 18 heavy (non-hydrogen) atoms. The summed E-state index contributed by atoms with van der Waals surface area (Å²) in [4.78, 5) is 0. The van der Waals surface area contributed by atoms with E-state index in [2.05, 4.69) is 41.0 Å². The van der Waals surface area contributed by atoms with Gasteiger partial charge in [-0.05, 0) is 43.4 Å². The summed E-state index contributed by atoms with van der Waals surface area (Å²) in [5, 5.41) is 0. The van der Waals surface area contributed by atoms with E-state index in [9.17, 15) is 0 Å². The van der Waals surface area contributed by atoms with Crippen molar-refractivity contribution >= 4 is 0 Å². The van der Waals surface area contributed by atoms with E-state index in [4.69, 9.17) is 0 Å². The molecule has 1 radical (unpaired) electrons. The normalized spacial score (nSPS) is 16.5. The van der Waals surface area contributed by atoms with Crippen LogP contribution in [0.4, 0.5) is 0 Å². The molecule has 0 aliphatic rings. The van der Waals surface area contributed by atoms with Gasteiger partial charge in [0.15, 0.2) is 0 Å². The van der Waals surface area contributed by atoms with E-state index in [1.807, 2.05) is 0 Å². The molecule has 0 saturated heterocycles. The van der Waals surface area contributed by atoms with Crippen LogP contribution < -0.4 is 0 Å². The second kappa shape index (κ2) is 12.1. The van der Waals surface area contributed by atoms with Crippen LogP contribution in [0.15, 0.2) is 0 Å². The van der Waals surface area contributed by atoms with Gasteiger partial charge in [0, 0.05) is 0 Å². The topological polar surface area (TPSA) is 0 Å². The van der Waals surface area contributed by atoms with E-state index in [1.54, 1.807) is 0 Å². The van der Waals surface area contributed by atoms with Gasteiger partial charge < -0.3 is 0 Å². The van der Waals surface area contributed by atoms with Gasteiger partial charge in [-0.2, -0.15) is 0 Å². The van der Waals surface area contributed by atoms with E-state index >= 15 is 0 Å². The summed E-state index contributed by atoms with van der Waals surface area (Å²) in [5.41, 5.74) is 0. The van der Waals surface area contributed by atoms with Crippen molar-refractivity contribution in [3.05, 3.63) is 6.42 Å². The standard InChI is InChI=1S/C18H37/c1-6-8-9-10-11-13-17(4)15-18(5)14-16(3)12-7-2/h13,16-18H,6-12,14-15H2,1-5H3. The lowest BCUT2D eigenvalue weighted by atomic mass is 9.86. The van der Waals surface area contributed by atoms with Crippen molar-refractivity contribution in [2.45, 2.75) is 92.4 Å². The third kappa shape index (κ3) is 11.1. The molecule has 0 spiro atoms. The molecule has 3 unspecified atom stereocenters. The molecule has 0 aliphatic heterocycles. The summed E-state index contributed by atoms with van der Waals surface area (Å²) in [5.74, 6) is 2.63. The Hall–Kier alpha value is 0. The average molecular weight is 253 g/mol. The van der Waals surface area contributed by atoms with Crippen LogP contribution in [0.5, 0.6) is 0 Å². The highest BCUT2D eigenvalue weighted by Gasteiger charge is 2.12. The number of unbranched alkanes of at least 4 members (excludes halogenated alkanes) is 4. The molecule has 0 aromatic rings. The maximum Gasteiger partial charge on any atom is -0.0357 e. The largest absolute Gasteiger partial charge is 0.0654 e. The highest BCUT2D eigenvalue weighted by Crippen LogP contribution is 2.24. The zero-order chi connectivity index (χ0) is 13.8. The number of hydrogen-bond acceptors (Lipinski definition) is 0. The number of hydrogen-bond donors (Lipinski definition) is 0. The average Bonchev–Trinajstić information content (AvgIpc) is 2.28. The van der Waals surface area contributed by atoms with E-state index in [0.717, 1.165) is 17.8 Å². The van der Waals surface area contributed by atoms with Crippen LogP contribution in [0.3, 0.4) is 0 Å². The Morgan fingerprint density at radius 3 is 2.11 bits per heavy atom. The maximum atomic E-state index is 2.57. The highest BCUT2D eigenvalue weighted by molar-refractivity contribution is 4.75. The monoisotopic (exact) mass is 253 g/mol. The summed E-state index contributed by atoms with van der Waals surface area (Å²) < 4.78 is 0. The van der Waals surface area contributed by atoms with Gasteiger partial charge in [-0.3, -0.25) is 0 Å². The Balaban J connectivity index is 3.51. The number of rotatable bonds is 12. The molecule has 0 heteroatoms. The quantitative estimate of drug-likeness (QED) is 0.342. The van der Waals surface area contributed by atoms with Crippen LogP contribution >= 0.6 is 0 Å². The Kier molecular flexibility index (Phi) is 12.1. The Labute approximate surface area is 117 Å². The summed E-state index contributed by atoms with van der Waals surface area (Å²) in [6, 6.07) is 0. The highest BCUT2D eigenvalue weighted by atomic mass is 14.2. The fourth-order valence-corrected chi connectivity index (χ4v) is 3.10. The predicted octanol–water partition coefficient (Wildman–Crippen LogP) is 6.65. The second-order valence-electron chi connectivity index (χ2n) is 6.53. The summed E-state index contributed by atoms with van der Waals surface area (Å²) in [7, 11) is 0. The van der Waals surface area contributed by atoms with Crippen molar-refractivity contribution in [2.24, 2.45) is 17.8 Å². The molecule has 0 saturated carbocycles. The van der Waals surface area contributed by atoms with Crippen molar-refractivity contribution in [1.82, 2.24) is 0 Å². The minimum atomic E-state index is 0.815. The molecule has 0 aromatic heterocycles. The smallest absolute Gasteiger partial charge is 0.0357 e. The van der Waals surface area contributed by atoms with Crippen LogP contribution in [0.1, 0.15) is 92.4 Å². The van der Waals surface area contributed by atoms with E-state index in [-0.39, 0.29) is 0 Å². The van der Waals surface area contributed by atoms with Gasteiger partial charge in [-0.15, -0.1) is 0 Å². The summed E-state index contributed by atoms with van der Waals surface area (Å²) >= 11 is 0. The fraction of sp³-hybridized carbons (Fsp3) is 0.944. The molecule has 0 heterocycles. The molecule has 0 nitrogen and oxygen atoms in total. The van der Waals surface area contributed by atoms with E-state index < -0.39 is 0 Å². The Bertz CT molecular complexity index is 161. The molecule has 0 aliphatic carbocycles. The SMILES string of the molecule is CCCCCC[CH]C(C)CC(C)CC(C)CCC. The molecule has 3 atom stereocenters. The lowest BCUT2D eigenvalue weighted by Gasteiger charge is -2.20. The molecule has 0 amide bonds. The molecule has 0 rings (SSSR count). The first kappa shape index (κ1) is 18.0. The minimum Gasteiger partial charge on any atom is -0.0654 e. The second-order valence-corrected chi connectivity index (χ2v) is 6.53. The van der Waals surface area contributed by atoms with Crippen molar-refractivity contribution in [2.75, 3.05) is 0 Å². The maximum absolute atomic E-state index is 2.57. The molecule has 0 N–H and O–H groups in total. The molecule has 0 fully saturated rings. The molecule has 0 aromatic carbocycles. The lowest BCUT2D eigenvalue weighted by Crippen LogP contribution is -2.08. The van der Waals surface area contributed by atoms with Crippen LogP contribution in [0.25, 0.3) is 0 Å². The van der Waals surface area contributed by atoms with Gasteiger partial charge in [0.1, 0.15) is 0 Å². The Morgan fingerprint density at radius 1 is 0.778 bits per heavy atom. The zero-order valence-corrected chi connectivity index (χ0v) is 13.7. The van der Waals surface area contributed by atoms with Crippen LogP contribution in [0.2, 0.25) is 0 Å². The zero-order valence-electron chi connectivity index (χ0n) is 13.7. The van der Waals surface area contributed by atoms with Crippen LogP contribution in [0, 0.1) is 24.2 Å². The van der Waals surface area contributed by atoms with Crippen molar-refractivity contribution in [1.29, 1.82) is 0 Å². The van der Waals surface area contributed by atoms with Gasteiger partial charge in [0.25, 0.3) is 0 Å². The third-order valence-corrected chi connectivity index (χ3v) is 3.99. The first-order valence-electron chi connectivity index (χ1n) is 8.43. The van der Waals surface area contributed by atoms with Crippen LogP contribution in [-0.2, 0) is 0 Å². The first-order chi connectivity index (χ1) is 8.60. The van der Waals surface area contributed by atoms with Gasteiger partial charge >= 0.3 is 0 Å². The first-order valence-corrected chi connectivity index (χ1v) is 8.43. The van der Waals surface area contributed by atoms with Crippen molar-refractivity contribution < 1.29 is 0 Å². The van der Waals surface area contributed by atoms with E-state index in [0.29, 0.717) is 0 Å². The molecular formula is C18H37. The van der Waals surface area contributed by atoms with Crippen LogP contribution in [-0.4, -0.2) is 0 Å². The van der Waals surface area contributed by atoms with Gasteiger partial charge in [0.05, 0.1) is 0 Å². The minimum absolute atomic E-state index is 0.815. The fourth-order valence-electron chi connectivity index (χ4n) is 3.10. The Morgan fingerprint density at radius 2 is 1.50 bits per heavy atom. The third-order valence-electron chi connectivity index (χ3n) is 3.99. The molecule has 109 valence electrons. The van der Waals surface area contributed by atoms with Gasteiger partial charge in [0.2, 0.25) is 0 Å². The van der Waals surface area contributed by atoms with Gasteiger partial charge in [-0.25, -0.2) is 0 Å². The van der Waals surface area contributed by atoms with Crippen molar-refractivity contribution in [3.8, 4) is 0 Å². The lowest BCUT2D eigenvalue weighted by molar-refractivity contribution is 0.343.